The van der Waals surface area contributed by atoms with Crippen LogP contribution in [0.2, 0.25) is 0 Å². The number of benzene rings is 3. The minimum absolute atomic E-state index is 0.0390. The molecule has 0 spiro atoms. The first kappa shape index (κ1) is 24.9. The summed E-state index contributed by atoms with van der Waals surface area (Å²) in [5.74, 6) is 1.29. The summed E-state index contributed by atoms with van der Waals surface area (Å²) in [6.07, 6.45) is 1.51. The molecule has 34 heavy (non-hydrogen) atoms. The molecule has 0 aliphatic rings. The lowest BCUT2D eigenvalue weighted by molar-refractivity contribution is -0.112. The van der Waals surface area contributed by atoms with Crippen LogP contribution in [0.15, 0.2) is 76.8 Å². The molecule has 0 saturated heterocycles. The number of hydrogen-bond donors (Lipinski definition) is 1. The van der Waals surface area contributed by atoms with Crippen molar-refractivity contribution in [2.24, 2.45) is 0 Å². The van der Waals surface area contributed by atoms with Gasteiger partial charge in [-0.2, -0.15) is 5.26 Å². The number of halogens is 1. The Kier molecular flexibility index (Phi) is 9.12. The second-order valence-electron chi connectivity index (χ2n) is 7.12. The van der Waals surface area contributed by atoms with E-state index in [0.717, 1.165) is 5.56 Å². The molecule has 174 valence electrons. The predicted octanol–water partition coefficient (Wildman–Crippen LogP) is 6.37. The molecule has 0 saturated carbocycles. The van der Waals surface area contributed by atoms with E-state index in [-0.39, 0.29) is 5.57 Å². The van der Waals surface area contributed by atoms with Gasteiger partial charge in [0, 0.05) is 5.69 Å². The summed E-state index contributed by atoms with van der Waals surface area (Å²) in [7, 11) is 0. The van der Waals surface area contributed by atoms with Crippen molar-refractivity contribution >= 4 is 33.6 Å². The summed E-state index contributed by atoms with van der Waals surface area (Å²) >= 11 is 3.48. The van der Waals surface area contributed by atoms with E-state index >= 15 is 0 Å². The van der Waals surface area contributed by atoms with Gasteiger partial charge in [-0.3, -0.25) is 4.79 Å². The Labute approximate surface area is 207 Å². The fraction of sp³-hybridized carbons (Fsp3) is 0.185. The van der Waals surface area contributed by atoms with Crippen molar-refractivity contribution in [1.82, 2.24) is 0 Å². The number of hydrogen-bond acceptors (Lipinski definition) is 5. The first-order chi connectivity index (χ1) is 16.5. The molecular formula is C27H25BrN2O4. The molecule has 6 nitrogen and oxygen atoms in total. The molecule has 0 fully saturated rings. The first-order valence-corrected chi connectivity index (χ1v) is 11.6. The zero-order valence-electron chi connectivity index (χ0n) is 19.0. The van der Waals surface area contributed by atoms with Crippen molar-refractivity contribution < 1.29 is 19.0 Å². The van der Waals surface area contributed by atoms with Crippen molar-refractivity contribution in [3.63, 3.8) is 0 Å². The Morgan fingerprint density at radius 1 is 1.00 bits per heavy atom. The number of rotatable bonds is 10. The van der Waals surface area contributed by atoms with Crippen molar-refractivity contribution in [1.29, 1.82) is 5.26 Å². The van der Waals surface area contributed by atoms with Gasteiger partial charge in [0.15, 0.2) is 11.5 Å². The Morgan fingerprint density at radius 3 is 2.35 bits per heavy atom. The number of anilines is 1. The second kappa shape index (κ2) is 12.5. The fourth-order valence-electron chi connectivity index (χ4n) is 3.11. The summed E-state index contributed by atoms with van der Waals surface area (Å²) < 4.78 is 17.7. The highest BCUT2D eigenvalue weighted by atomic mass is 79.9. The lowest BCUT2D eigenvalue weighted by Crippen LogP contribution is -2.13. The third-order valence-electron chi connectivity index (χ3n) is 4.66. The molecule has 0 atom stereocenters. The molecule has 0 bridgehead atoms. The fourth-order valence-corrected chi connectivity index (χ4v) is 3.68. The van der Waals surface area contributed by atoms with E-state index in [1.807, 2.05) is 50.2 Å². The summed E-state index contributed by atoms with van der Waals surface area (Å²) in [6, 6.07) is 22.3. The Bertz CT molecular complexity index is 1190. The largest absolute Gasteiger partial charge is 0.490 e. The molecule has 0 aromatic heterocycles. The van der Waals surface area contributed by atoms with Gasteiger partial charge in [0.25, 0.3) is 5.91 Å². The van der Waals surface area contributed by atoms with E-state index in [1.54, 1.807) is 36.4 Å². The quantitative estimate of drug-likeness (QED) is 0.248. The van der Waals surface area contributed by atoms with E-state index in [0.29, 0.717) is 52.8 Å². The predicted molar refractivity (Wildman–Crippen MR) is 136 cm³/mol. The zero-order valence-corrected chi connectivity index (χ0v) is 20.6. The van der Waals surface area contributed by atoms with Gasteiger partial charge in [0.05, 0.1) is 17.7 Å². The number of amides is 1. The van der Waals surface area contributed by atoms with Crippen LogP contribution >= 0.6 is 15.9 Å². The van der Waals surface area contributed by atoms with Crippen LogP contribution in [0.5, 0.6) is 17.2 Å². The SMILES string of the molecule is CCOc1cc(/C=C(\C#N)C(=O)Nc2ccc(OCc3ccccc3)cc2)cc(Br)c1OCC. The van der Waals surface area contributed by atoms with Crippen molar-refractivity contribution in [2.75, 3.05) is 18.5 Å². The van der Waals surface area contributed by atoms with Gasteiger partial charge >= 0.3 is 0 Å². The lowest BCUT2D eigenvalue weighted by Gasteiger charge is -2.13. The summed E-state index contributed by atoms with van der Waals surface area (Å²) in [5.41, 5.74) is 2.22. The van der Waals surface area contributed by atoms with Gasteiger partial charge < -0.3 is 19.5 Å². The molecule has 1 amide bonds. The number of nitriles is 1. The lowest BCUT2D eigenvalue weighted by atomic mass is 10.1. The average molecular weight is 521 g/mol. The number of carbonyl (C=O) groups is 1. The highest BCUT2D eigenvalue weighted by molar-refractivity contribution is 9.10. The van der Waals surface area contributed by atoms with Crippen molar-refractivity contribution in [2.45, 2.75) is 20.5 Å². The Balaban J connectivity index is 1.70. The molecule has 0 radical (unpaired) electrons. The van der Waals surface area contributed by atoms with E-state index < -0.39 is 5.91 Å². The molecule has 0 aliphatic heterocycles. The molecule has 3 aromatic rings. The Hall–Kier alpha value is -3.76. The van der Waals surface area contributed by atoms with Gasteiger partial charge in [0.1, 0.15) is 24.0 Å². The molecule has 0 unspecified atom stereocenters. The maximum absolute atomic E-state index is 12.7. The highest BCUT2D eigenvalue weighted by Gasteiger charge is 2.14. The van der Waals surface area contributed by atoms with E-state index in [2.05, 4.69) is 21.2 Å². The molecule has 3 aromatic carbocycles. The second-order valence-corrected chi connectivity index (χ2v) is 7.97. The maximum atomic E-state index is 12.7. The smallest absolute Gasteiger partial charge is 0.266 e. The monoisotopic (exact) mass is 520 g/mol. The molecule has 3 rings (SSSR count). The van der Waals surface area contributed by atoms with E-state index in [1.165, 1.54) is 6.08 Å². The molecule has 0 heterocycles. The first-order valence-electron chi connectivity index (χ1n) is 10.8. The van der Waals surface area contributed by atoms with Crippen LogP contribution in [0.1, 0.15) is 25.0 Å². The highest BCUT2D eigenvalue weighted by Crippen LogP contribution is 2.37. The third-order valence-corrected chi connectivity index (χ3v) is 5.25. The maximum Gasteiger partial charge on any atom is 0.266 e. The number of ether oxygens (including phenoxy) is 3. The van der Waals surface area contributed by atoms with Crippen LogP contribution in [-0.2, 0) is 11.4 Å². The minimum atomic E-state index is -0.511. The van der Waals surface area contributed by atoms with Crippen LogP contribution in [0.4, 0.5) is 5.69 Å². The van der Waals surface area contributed by atoms with Crippen LogP contribution in [0.25, 0.3) is 6.08 Å². The van der Waals surface area contributed by atoms with E-state index in [9.17, 15) is 10.1 Å². The van der Waals surface area contributed by atoms with Crippen LogP contribution in [0, 0.1) is 11.3 Å². The molecule has 0 aliphatic carbocycles. The normalized spacial score (nSPS) is 10.8. The number of nitrogens with one attached hydrogen (secondary N) is 1. The molecule has 1 N–H and O–H groups in total. The number of carbonyl (C=O) groups excluding carboxylic acids is 1. The minimum Gasteiger partial charge on any atom is -0.490 e. The third kappa shape index (κ3) is 6.87. The molecule has 7 heteroatoms. The van der Waals surface area contributed by atoms with Gasteiger partial charge in [-0.05, 0) is 83.4 Å². The van der Waals surface area contributed by atoms with Crippen molar-refractivity contribution in [3.8, 4) is 23.3 Å². The molecular weight excluding hydrogens is 496 g/mol. The van der Waals surface area contributed by atoms with Crippen LogP contribution in [0.3, 0.4) is 0 Å². The van der Waals surface area contributed by atoms with Gasteiger partial charge in [0.2, 0.25) is 0 Å². The topological polar surface area (TPSA) is 80.6 Å². The van der Waals surface area contributed by atoms with Crippen molar-refractivity contribution in [3.05, 3.63) is 87.9 Å². The number of nitrogens with zero attached hydrogens (tertiary/aromatic N) is 1. The summed E-state index contributed by atoms with van der Waals surface area (Å²) in [6.45, 7) is 5.15. The van der Waals surface area contributed by atoms with Gasteiger partial charge in [-0.1, -0.05) is 30.3 Å². The van der Waals surface area contributed by atoms with Crippen LogP contribution < -0.4 is 19.5 Å². The zero-order chi connectivity index (χ0) is 24.3. The standard InChI is InChI=1S/C27H25BrN2O4/c1-3-32-25-16-20(15-24(28)26(25)33-4-2)14-21(17-29)27(31)30-22-10-12-23(13-11-22)34-18-19-8-6-5-7-9-19/h5-16H,3-4,18H2,1-2H3,(H,30,31)/b21-14+. The summed E-state index contributed by atoms with van der Waals surface area (Å²) in [5, 5.41) is 12.3. The van der Waals surface area contributed by atoms with E-state index in [4.69, 9.17) is 14.2 Å². The van der Waals surface area contributed by atoms with Gasteiger partial charge in [-0.25, -0.2) is 0 Å². The van der Waals surface area contributed by atoms with Gasteiger partial charge in [-0.15, -0.1) is 0 Å². The van der Waals surface area contributed by atoms with Crippen LogP contribution in [-0.4, -0.2) is 19.1 Å². The Morgan fingerprint density at radius 2 is 1.71 bits per heavy atom. The average Bonchev–Trinajstić information content (AvgIpc) is 2.85. The summed E-state index contributed by atoms with van der Waals surface area (Å²) in [4.78, 5) is 12.7.